The van der Waals surface area contributed by atoms with Gasteiger partial charge in [-0.15, -0.1) is 0 Å². The van der Waals surface area contributed by atoms with Crippen LogP contribution >= 0.6 is 0 Å². The molecule has 2 nitrogen and oxygen atoms in total. The van der Waals surface area contributed by atoms with Crippen LogP contribution in [0.4, 0.5) is 0 Å². The van der Waals surface area contributed by atoms with E-state index in [1.54, 1.807) is 0 Å². The van der Waals surface area contributed by atoms with Gasteiger partial charge in [0.25, 0.3) is 0 Å². The predicted molar refractivity (Wildman–Crippen MR) is 62.7 cm³/mol. The van der Waals surface area contributed by atoms with Gasteiger partial charge in [0.1, 0.15) is 0 Å². The highest BCUT2D eigenvalue weighted by atomic mass is 16.5. The SMILES string of the molecule is CCCCCCOC(C)CCNCC. The van der Waals surface area contributed by atoms with Gasteiger partial charge in [0, 0.05) is 6.61 Å². The van der Waals surface area contributed by atoms with Gasteiger partial charge in [-0.3, -0.25) is 0 Å². The molecule has 0 saturated heterocycles. The first-order valence-corrected chi connectivity index (χ1v) is 6.13. The van der Waals surface area contributed by atoms with Crippen LogP contribution in [0.1, 0.15) is 52.9 Å². The highest BCUT2D eigenvalue weighted by Crippen LogP contribution is 2.02. The Labute approximate surface area is 89.4 Å². The Morgan fingerprint density at radius 3 is 2.57 bits per heavy atom. The third-order valence-electron chi connectivity index (χ3n) is 2.38. The highest BCUT2D eigenvalue weighted by molar-refractivity contribution is 4.53. The van der Waals surface area contributed by atoms with Gasteiger partial charge in [0.2, 0.25) is 0 Å². The average molecular weight is 201 g/mol. The molecule has 0 fully saturated rings. The summed E-state index contributed by atoms with van der Waals surface area (Å²) in [6.07, 6.45) is 6.72. The molecule has 86 valence electrons. The fourth-order valence-corrected chi connectivity index (χ4v) is 1.38. The molecule has 0 aromatic heterocycles. The molecule has 1 N–H and O–H groups in total. The van der Waals surface area contributed by atoms with Crippen LogP contribution in [-0.4, -0.2) is 25.8 Å². The quantitative estimate of drug-likeness (QED) is 0.549. The van der Waals surface area contributed by atoms with Crippen LogP contribution in [-0.2, 0) is 4.74 Å². The molecule has 0 radical (unpaired) electrons. The van der Waals surface area contributed by atoms with Crippen LogP contribution in [0.5, 0.6) is 0 Å². The van der Waals surface area contributed by atoms with Crippen LogP contribution < -0.4 is 5.32 Å². The second-order valence-corrected chi connectivity index (χ2v) is 3.88. The minimum Gasteiger partial charge on any atom is -0.378 e. The second kappa shape index (κ2) is 11.0. The molecule has 0 bridgehead atoms. The highest BCUT2D eigenvalue weighted by Gasteiger charge is 2.00. The number of rotatable bonds is 10. The average Bonchev–Trinajstić information content (AvgIpc) is 2.18. The molecule has 2 heteroatoms. The van der Waals surface area contributed by atoms with Crippen molar-refractivity contribution in [2.75, 3.05) is 19.7 Å². The van der Waals surface area contributed by atoms with E-state index in [0.717, 1.165) is 26.1 Å². The van der Waals surface area contributed by atoms with Crippen molar-refractivity contribution in [1.29, 1.82) is 0 Å². The Bertz CT molecular complexity index is 106. The van der Waals surface area contributed by atoms with Crippen LogP contribution in [0.25, 0.3) is 0 Å². The van der Waals surface area contributed by atoms with E-state index in [0.29, 0.717) is 6.10 Å². The largest absolute Gasteiger partial charge is 0.378 e. The molecule has 0 aromatic carbocycles. The van der Waals surface area contributed by atoms with Crippen LogP contribution in [0.2, 0.25) is 0 Å². The van der Waals surface area contributed by atoms with E-state index in [4.69, 9.17) is 4.74 Å². The van der Waals surface area contributed by atoms with E-state index in [-0.39, 0.29) is 0 Å². The predicted octanol–water partition coefficient (Wildman–Crippen LogP) is 2.97. The van der Waals surface area contributed by atoms with Gasteiger partial charge in [0.15, 0.2) is 0 Å². The zero-order chi connectivity index (χ0) is 10.6. The Morgan fingerprint density at radius 1 is 1.14 bits per heavy atom. The third kappa shape index (κ3) is 10.0. The van der Waals surface area contributed by atoms with Gasteiger partial charge < -0.3 is 10.1 Å². The molecule has 0 saturated carbocycles. The van der Waals surface area contributed by atoms with E-state index < -0.39 is 0 Å². The Morgan fingerprint density at radius 2 is 1.93 bits per heavy atom. The zero-order valence-corrected chi connectivity index (χ0v) is 10.1. The lowest BCUT2D eigenvalue weighted by molar-refractivity contribution is 0.0578. The van der Waals surface area contributed by atoms with Crippen molar-refractivity contribution in [3.63, 3.8) is 0 Å². The lowest BCUT2D eigenvalue weighted by Gasteiger charge is -2.12. The summed E-state index contributed by atoms with van der Waals surface area (Å²) < 4.78 is 5.70. The number of nitrogens with one attached hydrogen (secondary N) is 1. The molecule has 0 aliphatic carbocycles. The van der Waals surface area contributed by atoms with Crippen molar-refractivity contribution in [3.05, 3.63) is 0 Å². The van der Waals surface area contributed by atoms with Crippen molar-refractivity contribution in [3.8, 4) is 0 Å². The van der Waals surface area contributed by atoms with Crippen LogP contribution in [0, 0.1) is 0 Å². The van der Waals surface area contributed by atoms with Crippen molar-refractivity contribution in [2.45, 2.75) is 59.0 Å². The molecule has 0 spiro atoms. The minimum atomic E-state index is 0.413. The monoisotopic (exact) mass is 201 g/mol. The first-order valence-electron chi connectivity index (χ1n) is 6.13. The summed E-state index contributed by atoms with van der Waals surface area (Å²) in [5.74, 6) is 0. The third-order valence-corrected chi connectivity index (χ3v) is 2.38. The summed E-state index contributed by atoms with van der Waals surface area (Å²) in [4.78, 5) is 0. The lowest BCUT2D eigenvalue weighted by atomic mass is 10.2. The number of ether oxygens (including phenoxy) is 1. The normalized spacial score (nSPS) is 13.1. The summed E-state index contributed by atoms with van der Waals surface area (Å²) in [7, 11) is 0. The topological polar surface area (TPSA) is 21.3 Å². The molecule has 0 aromatic rings. The summed E-state index contributed by atoms with van der Waals surface area (Å²) in [6.45, 7) is 9.61. The van der Waals surface area contributed by atoms with Crippen molar-refractivity contribution in [1.82, 2.24) is 5.32 Å². The van der Waals surface area contributed by atoms with Gasteiger partial charge in [-0.25, -0.2) is 0 Å². The van der Waals surface area contributed by atoms with Crippen molar-refractivity contribution in [2.24, 2.45) is 0 Å². The van der Waals surface area contributed by atoms with Gasteiger partial charge in [-0.2, -0.15) is 0 Å². The van der Waals surface area contributed by atoms with E-state index in [1.165, 1.54) is 25.7 Å². The maximum Gasteiger partial charge on any atom is 0.0559 e. The summed E-state index contributed by atoms with van der Waals surface area (Å²) >= 11 is 0. The molecule has 0 amide bonds. The van der Waals surface area contributed by atoms with Gasteiger partial charge >= 0.3 is 0 Å². The Kier molecular flexibility index (Phi) is 10.9. The molecular formula is C12H27NO. The fraction of sp³-hybridized carbons (Fsp3) is 1.00. The van der Waals surface area contributed by atoms with Crippen LogP contribution in [0.15, 0.2) is 0 Å². The first-order chi connectivity index (χ1) is 6.81. The van der Waals surface area contributed by atoms with Gasteiger partial charge in [0.05, 0.1) is 6.10 Å². The van der Waals surface area contributed by atoms with Gasteiger partial charge in [-0.1, -0.05) is 33.1 Å². The fourth-order valence-electron chi connectivity index (χ4n) is 1.38. The Balaban J connectivity index is 3.06. The van der Waals surface area contributed by atoms with E-state index >= 15 is 0 Å². The molecule has 14 heavy (non-hydrogen) atoms. The Hall–Kier alpha value is -0.0800. The van der Waals surface area contributed by atoms with E-state index in [2.05, 4.69) is 26.1 Å². The molecule has 0 aliphatic heterocycles. The zero-order valence-electron chi connectivity index (χ0n) is 10.1. The summed E-state index contributed by atoms with van der Waals surface area (Å²) in [5, 5.41) is 3.31. The number of hydrogen-bond acceptors (Lipinski definition) is 2. The maximum atomic E-state index is 5.70. The molecule has 0 aliphatic rings. The van der Waals surface area contributed by atoms with Crippen molar-refractivity contribution < 1.29 is 4.74 Å². The molecule has 0 heterocycles. The van der Waals surface area contributed by atoms with E-state index in [9.17, 15) is 0 Å². The second-order valence-electron chi connectivity index (χ2n) is 3.88. The number of unbranched alkanes of at least 4 members (excludes halogenated alkanes) is 3. The molecule has 1 atom stereocenters. The first kappa shape index (κ1) is 13.9. The molecule has 1 unspecified atom stereocenters. The van der Waals surface area contributed by atoms with Crippen LogP contribution in [0.3, 0.4) is 0 Å². The number of hydrogen-bond donors (Lipinski definition) is 1. The van der Waals surface area contributed by atoms with Gasteiger partial charge in [-0.05, 0) is 32.9 Å². The molecular weight excluding hydrogens is 174 g/mol. The minimum absolute atomic E-state index is 0.413. The molecule has 0 rings (SSSR count). The maximum absolute atomic E-state index is 5.70. The van der Waals surface area contributed by atoms with Crippen molar-refractivity contribution >= 4 is 0 Å². The lowest BCUT2D eigenvalue weighted by Crippen LogP contribution is -2.20. The summed E-state index contributed by atoms with van der Waals surface area (Å²) in [5.41, 5.74) is 0. The smallest absolute Gasteiger partial charge is 0.0559 e. The summed E-state index contributed by atoms with van der Waals surface area (Å²) in [6, 6.07) is 0. The van der Waals surface area contributed by atoms with E-state index in [1.807, 2.05) is 0 Å². The standard InChI is InChI=1S/C12H27NO/c1-4-6-7-8-11-14-12(3)9-10-13-5-2/h12-13H,4-11H2,1-3H3.